The Morgan fingerprint density at radius 2 is 2.00 bits per heavy atom. The lowest BCUT2D eigenvalue weighted by Gasteiger charge is -2.66. The fraction of sp³-hybridized carbons (Fsp3) is 0.391. The maximum absolute atomic E-state index is 13.7. The summed E-state index contributed by atoms with van der Waals surface area (Å²) in [6.07, 6.45) is 9.91. The maximum atomic E-state index is 13.7. The summed E-state index contributed by atoms with van der Waals surface area (Å²) in [5.74, 6) is 0.563. The summed E-state index contributed by atoms with van der Waals surface area (Å²) >= 11 is 0. The highest BCUT2D eigenvalue weighted by molar-refractivity contribution is 5.56. The topological polar surface area (TPSA) is 82.2 Å². The molecular formula is C23H24FN7O. The van der Waals surface area contributed by atoms with Crippen molar-refractivity contribution in [3.8, 4) is 17.1 Å². The fourth-order valence-electron chi connectivity index (χ4n) is 5.12. The Morgan fingerprint density at radius 1 is 1.12 bits per heavy atom. The van der Waals surface area contributed by atoms with Gasteiger partial charge in [-0.3, -0.25) is 0 Å². The summed E-state index contributed by atoms with van der Waals surface area (Å²) in [6.45, 7) is 2.19. The van der Waals surface area contributed by atoms with Crippen molar-refractivity contribution in [1.82, 2.24) is 34.7 Å². The van der Waals surface area contributed by atoms with Gasteiger partial charge in [0.2, 0.25) is 5.88 Å². The van der Waals surface area contributed by atoms with Crippen molar-refractivity contribution in [3.05, 3.63) is 60.3 Å². The second kappa shape index (κ2) is 7.09. The van der Waals surface area contributed by atoms with E-state index in [9.17, 15) is 4.39 Å². The molecule has 7 rings (SSSR count). The number of alkyl halides is 1. The molecule has 0 radical (unpaired) electrons. The number of fused-ring (bicyclic) bond motifs is 1. The molecule has 9 heteroatoms. The van der Waals surface area contributed by atoms with Gasteiger partial charge in [0.15, 0.2) is 0 Å². The Balaban J connectivity index is 1.10. The SMILES string of the molecule is COc1ccc(-c2cn(Cc3cn4cc(CNCC56CC(F)(C5)C6)ccc4n3)nn2)cn1. The van der Waals surface area contributed by atoms with Gasteiger partial charge in [-0.2, -0.15) is 0 Å². The van der Waals surface area contributed by atoms with Crippen LogP contribution in [0.25, 0.3) is 16.9 Å². The highest BCUT2D eigenvalue weighted by atomic mass is 19.1. The second-order valence-electron chi connectivity index (χ2n) is 9.21. The molecule has 0 atom stereocenters. The first-order valence-corrected chi connectivity index (χ1v) is 10.8. The molecule has 0 aliphatic heterocycles. The number of imidazole rings is 1. The second-order valence-corrected chi connectivity index (χ2v) is 9.21. The van der Waals surface area contributed by atoms with Gasteiger partial charge in [-0.1, -0.05) is 11.3 Å². The van der Waals surface area contributed by atoms with Gasteiger partial charge in [-0.05, 0) is 42.4 Å². The summed E-state index contributed by atoms with van der Waals surface area (Å²) in [7, 11) is 1.59. The number of halogens is 1. The predicted molar refractivity (Wildman–Crippen MR) is 116 cm³/mol. The Bertz CT molecular complexity index is 1260. The van der Waals surface area contributed by atoms with Crippen molar-refractivity contribution >= 4 is 5.65 Å². The van der Waals surface area contributed by atoms with Gasteiger partial charge in [-0.25, -0.2) is 19.0 Å². The molecular weight excluding hydrogens is 409 g/mol. The Kier molecular flexibility index (Phi) is 4.29. The van der Waals surface area contributed by atoms with E-state index in [0.29, 0.717) is 12.4 Å². The van der Waals surface area contributed by atoms with E-state index in [1.54, 1.807) is 24.1 Å². The molecule has 32 heavy (non-hydrogen) atoms. The van der Waals surface area contributed by atoms with Crippen LogP contribution in [-0.2, 0) is 13.1 Å². The Morgan fingerprint density at radius 3 is 2.75 bits per heavy atom. The zero-order valence-electron chi connectivity index (χ0n) is 17.8. The molecule has 0 saturated heterocycles. The number of rotatable bonds is 8. The van der Waals surface area contributed by atoms with Gasteiger partial charge in [0.25, 0.3) is 0 Å². The molecule has 0 aromatic carbocycles. The number of hydrogen-bond donors (Lipinski definition) is 1. The highest BCUT2D eigenvalue weighted by Crippen LogP contribution is 2.69. The maximum Gasteiger partial charge on any atom is 0.212 e. The van der Waals surface area contributed by atoms with Crippen LogP contribution in [0.5, 0.6) is 5.88 Å². The van der Waals surface area contributed by atoms with Crippen molar-refractivity contribution in [2.45, 2.75) is 38.0 Å². The van der Waals surface area contributed by atoms with Crippen LogP contribution in [0.1, 0.15) is 30.5 Å². The smallest absolute Gasteiger partial charge is 0.212 e. The Hall–Kier alpha value is -3.33. The van der Waals surface area contributed by atoms with Gasteiger partial charge in [0, 0.05) is 43.3 Å². The lowest BCUT2D eigenvalue weighted by Crippen LogP contribution is -2.67. The summed E-state index contributed by atoms with van der Waals surface area (Å²) in [5, 5.41) is 12.0. The van der Waals surface area contributed by atoms with Crippen molar-refractivity contribution in [1.29, 1.82) is 0 Å². The average molecular weight is 433 g/mol. The monoisotopic (exact) mass is 433 g/mol. The first-order chi connectivity index (χ1) is 15.5. The summed E-state index contributed by atoms with van der Waals surface area (Å²) in [4.78, 5) is 8.91. The minimum atomic E-state index is -0.829. The number of nitrogens with zero attached hydrogens (tertiary/aromatic N) is 6. The highest BCUT2D eigenvalue weighted by Gasteiger charge is 2.68. The van der Waals surface area contributed by atoms with Gasteiger partial charge in [0.1, 0.15) is 17.0 Å². The molecule has 4 aromatic rings. The number of methoxy groups -OCH3 is 1. The third kappa shape index (κ3) is 3.42. The number of nitrogens with one attached hydrogen (secondary N) is 1. The first kappa shape index (κ1) is 19.4. The first-order valence-electron chi connectivity index (χ1n) is 10.8. The van der Waals surface area contributed by atoms with E-state index in [4.69, 9.17) is 9.72 Å². The van der Waals surface area contributed by atoms with Gasteiger partial charge >= 0.3 is 0 Å². The molecule has 0 spiro atoms. The van der Waals surface area contributed by atoms with Gasteiger partial charge < -0.3 is 14.5 Å². The molecule has 1 N–H and O–H groups in total. The van der Waals surface area contributed by atoms with E-state index >= 15 is 0 Å². The molecule has 4 heterocycles. The molecule has 4 aromatic heterocycles. The van der Waals surface area contributed by atoms with Crippen molar-refractivity contribution in [2.24, 2.45) is 5.41 Å². The molecule has 0 unspecified atom stereocenters. The Labute approximate surface area is 184 Å². The number of aromatic nitrogens is 6. The molecule has 8 nitrogen and oxygen atoms in total. The molecule has 3 aliphatic rings. The normalized spacial score (nSPS) is 23.7. The van der Waals surface area contributed by atoms with E-state index in [2.05, 4.69) is 32.9 Å². The van der Waals surface area contributed by atoms with Crippen LogP contribution in [0.2, 0.25) is 0 Å². The lowest BCUT2D eigenvalue weighted by atomic mass is 9.42. The van der Waals surface area contributed by atoms with E-state index in [0.717, 1.165) is 55.0 Å². The van der Waals surface area contributed by atoms with E-state index in [-0.39, 0.29) is 5.41 Å². The minimum Gasteiger partial charge on any atom is -0.481 e. The molecule has 164 valence electrons. The van der Waals surface area contributed by atoms with Crippen LogP contribution in [0.4, 0.5) is 4.39 Å². The number of pyridine rings is 2. The molecule has 0 amide bonds. The van der Waals surface area contributed by atoms with E-state index in [1.165, 1.54) is 5.56 Å². The zero-order chi connectivity index (χ0) is 21.8. The molecule has 3 fully saturated rings. The standard InChI is InChI=1S/C23H24FN7O/c1-32-21-5-3-17(7-26-21)19-11-31(29-28-19)10-18-9-30-8-16(2-4-20(30)27-18)6-25-15-22-12-23(24,13-22)14-22/h2-5,7-9,11,25H,6,10,12-15H2,1H3. The van der Waals surface area contributed by atoms with Gasteiger partial charge in [0.05, 0.1) is 25.5 Å². The van der Waals surface area contributed by atoms with Crippen LogP contribution in [0.3, 0.4) is 0 Å². The van der Waals surface area contributed by atoms with Crippen LogP contribution >= 0.6 is 0 Å². The largest absolute Gasteiger partial charge is 0.481 e. The summed E-state index contributed by atoms with van der Waals surface area (Å²) in [6, 6.07) is 7.81. The van der Waals surface area contributed by atoms with Crippen molar-refractivity contribution in [2.75, 3.05) is 13.7 Å². The number of ether oxygens (including phenoxy) is 1. The summed E-state index contributed by atoms with van der Waals surface area (Å²) in [5.41, 5.74) is 4.00. The van der Waals surface area contributed by atoms with E-state index < -0.39 is 5.67 Å². The quantitative estimate of drug-likeness (QED) is 0.460. The van der Waals surface area contributed by atoms with Crippen molar-refractivity contribution < 1.29 is 9.13 Å². The third-order valence-electron chi connectivity index (χ3n) is 6.57. The van der Waals surface area contributed by atoms with Gasteiger partial charge in [-0.15, -0.1) is 5.10 Å². The summed E-state index contributed by atoms with van der Waals surface area (Å²) < 4.78 is 22.6. The van der Waals surface area contributed by atoms with Crippen LogP contribution < -0.4 is 10.1 Å². The van der Waals surface area contributed by atoms with Crippen LogP contribution in [-0.4, -0.2) is 48.7 Å². The van der Waals surface area contributed by atoms with E-state index in [1.807, 2.05) is 28.9 Å². The average Bonchev–Trinajstić information content (AvgIpc) is 3.38. The van der Waals surface area contributed by atoms with Crippen LogP contribution in [0, 0.1) is 5.41 Å². The lowest BCUT2D eigenvalue weighted by molar-refractivity contribution is -0.209. The molecule has 3 aliphatic carbocycles. The predicted octanol–water partition coefficient (Wildman–Crippen LogP) is 3.03. The van der Waals surface area contributed by atoms with Crippen molar-refractivity contribution in [3.63, 3.8) is 0 Å². The zero-order valence-corrected chi connectivity index (χ0v) is 17.8. The molecule has 3 saturated carbocycles. The number of hydrogen-bond acceptors (Lipinski definition) is 6. The molecule has 2 bridgehead atoms. The third-order valence-corrected chi connectivity index (χ3v) is 6.57. The van der Waals surface area contributed by atoms with Crippen LogP contribution in [0.15, 0.2) is 49.1 Å². The minimum absolute atomic E-state index is 0.222. The fourth-order valence-corrected chi connectivity index (χ4v) is 5.12.